The van der Waals surface area contributed by atoms with Crippen molar-refractivity contribution in [2.45, 2.75) is 45.6 Å². The summed E-state index contributed by atoms with van der Waals surface area (Å²) in [5.41, 5.74) is 1.69. The normalized spacial score (nSPS) is 11.8. The summed E-state index contributed by atoms with van der Waals surface area (Å²) in [6.07, 6.45) is 0.449. The van der Waals surface area contributed by atoms with Gasteiger partial charge < -0.3 is 33.9 Å². The number of carbonyl (C=O) groups excluding carboxylic acids is 2. The van der Waals surface area contributed by atoms with Gasteiger partial charge in [0.2, 0.25) is 13.6 Å². The quantitative estimate of drug-likeness (QED) is 0.0740. The molecule has 0 radical (unpaired) electrons. The van der Waals surface area contributed by atoms with Crippen LogP contribution in [0.1, 0.15) is 44.2 Å². The van der Waals surface area contributed by atoms with Crippen molar-refractivity contribution in [3.63, 3.8) is 0 Å². The van der Waals surface area contributed by atoms with Crippen LogP contribution in [-0.4, -0.2) is 49.0 Å². The van der Waals surface area contributed by atoms with Crippen LogP contribution in [0.5, 0.6) is 17.2 Å². The zero-order valence-electron chi connectivity index (χ0n) is 25.3. The monoisotopic (exact) mass is 628 g/mol. The maximum Gasteiger partial charge on any atom is 0.426 e. The summed E-state index contributed by atoms with van der Waals surface area (Å²) in [6.45, 7) is 5.06. The Morgan fingerprint density at radius 2 is 1.47 bits per heavy atom. The summed E-state index contributed by atoms with van der Waals surface area (Å²) in [5, 5.41) is 18.1. The second-order valence-electron chi connectivity index (χ2n) is 10.3. The Morgan fingerprint density at radius 3 is 2.04 bits per heavy atom. The Bertz CT molecular complexity index is 1410. The Kier molecular flexibility index (Phi) is 13.3. The van der Waals surface area contributed by atoms with Crippen LogP contribution in [0, 0.1) is 5.92 Å². The number of rotatable bonds is 18. The average molecular weight is 629 g/mol. The summed E-state index contributed by atoms with van der Waals surface area (Å²) in [7, 11) is 0. The molecule has 9 nitrogen and oxygen atoms in total. The molecule has 242 valence electrons. The number of benzene rings is 3. The lowest BCUT2D eigenvalue weighted by Crippen LogP contribution is -2.21. The molecule has 1 unspecified atom stereocenters. The standard InChI is InChI=1S/C34H38F2O9/c1-4-5-6-7-25-8-12-28(13-9-25)34(35,36)45-29-14-10-26(11-15-29)27-16-30(41-21-43-32(39)23(2)19-37)18-31(17-27)42-22-44-33(40)24(3)20-38/h8-18,24,37-38H,2,4-7,19-22H2,1,3H3. The molecule has 0 aliphatic rings. The van der Waals surface area contributed by atoms with E-state index < -0.39 is 44.2 Å². The van der Waals surface area contributed by atoms with Crippen LogP contribution in [0.2, 0.25) is 0 Å². The highest BCUT2D eigenvalue weighted by Crippen LogP contribution is 2.35. The van der Waals surface area contributed by atoms with E-state index in [-0.39, 0.29) is 35.0 Å². The van der Waals surface area contributed by atoms with E-state index in [1.807, 2.05) is 0 Å². The highest BCUT2D eigenvalue weighted by Gasteiger charge is 2.34. The predicted octanol–water partition coefficient (Wildman–Crippen LogP) is 6.15. The largest absolute Gasteiger partial charge is 0.457 e. The second kappa shape index (κ2) is 17.1. The van der Waals surface area contributed by atoms with Gasteiger partial charge in [0, 0.05) is 6.07 Å². The molecule has 0 saturated heterocycles. The van der Waals surface area contributed by atoms with Crippen molar-refractivity contribution < 1.29 is 52.3 Å². The van der Waals surface area contributed by atoms with Crippen molar-refractivity contribution in [3.8, 4) is 28.4 Å². The number of unbranched alkanes of at least 4 members (excludes halogenated alkanes) is 2. The van der Waals surface area contributed by atoms with Gasteiger partial charge in [-0.1, -0.05) is 50.6 Å². The number of hydrogen-bond acceptors (Lipinski definition) is 9. The first kappa shape index (κ1) is 35.0. The highest BCUT2D eigenvalue weighted by atomic mass is 19.3. The van der Waals surface area contributed by atoms with E-state index in [0.717, 1.165) is 31.2 Å². The molecular weight excluding hydrogens is 590 g/mol. The topological polar surface area (TPSA) is 121 Å². The third-order valence-electron chi connectivity index (χ3n) is 6.67. The van der Waals surface area contributed by atoms with Crippen molar-refractivity contribution in [2.75, 3.05) is 26.8 Å². The van der Waals surface area contributed by atoms with Gasteiger partial charge in [0.25, 0.3) is 0 Å². The van der Waals surface area contributed by atoms with Crippen molar-refractivity contribution >= 4 is 11.9 Å². The summed E-state index contributed by atoms with van der Waals surface area (Å²) in [4.78, 5) is 23.6. The zero-order valence-corrected chi connectivity index (χ0v) is 25.3. The first-order chi connectivity index (χ1) is 21.6. The van der Waals surface area contributed by atoms with Crippen LogP contribution in [0.4, 0.5) is 8.78 Å². The Labute approximate surface area is 261 Å². The number of alkyl halides is 2. The molecule has 3 aromatic carbocycles. The predicted molar refractivity (Wildman–Crippen MR) is 162 cm³/mol. The fourth-order valence-corrected chi connectivity index (χ4v) is 3.96. The third kappa shape index (κ3) is 10.9. The van der Waals surface area contributed by atoms with Gasteiger partial charge in [-0.15, -0.1) is 0 Å². The van der Waals surface area contributed by atoms with Gasteiger partial charge in [-0.05, 0) is 72.9 Å². The number of ether oxygens (including phenoxy) is 5. The number of hydrogen-bond donors (Lipinski definition) is 2. The van der Waals surface area contributed by atoms with Gasteiger partial charge in [-0.3, -0.25) is 4.79 Å². The van der Waals surface area contributed by atoms with Crippen LogP contribution >= 0.6 is 0 Å². The Balaban J connectivity index is 1.74. The van der Waals surface area contributed by atoms with E-state index in [1.165, 1.54) is 37.3 Å². The lowest BCUT2D eigenvalue weighted by molar-refractivity contribution is -0.185. The fourth-order valence-electron chi connectivity index (χ4n) is 3.96. The first-order valence-corrected chi connectivity index (χ1v) is 14.5. The molecule has 0 heterocycles. The van der Waals surface area contributed by atoms with Crippen molar-refractivity contribution in [2.24, 2.45) is 5.92 Å². The van der Waals surface area contributed by atoms with Gasteiger partial charge in [0.1, 0.15) is 17.2 Å². The van der Waals surface area contributed by atoms with E-state index in [0.29, 0.717) is 11.1 Å². The van der Waals surface area contributed by atoms with Crippen LogP contribution in [0.3, 0.4) is 0 Å². The van der Waals surface area contributed by atoms with Gasteiger partial charge in [0.15, 0.2) is 0 Å². The summed E-state index contributed by atoms with van der Waals surface area (Å²) in [5.74, 6) is -1.87. The van der Waals surface area contributed by atoms with E-state index in [9.17, 15) is 18.4 Å². The molecule has 0 spiro atoms. The summed E-state index contributed by atoms with van der Waals surface area (Å²) in [6, 6.07) is 16.7. The SMILES string of the molecule is C=C(CO)C(=O)OCOc1cc(OCOC(=O)C(C)CO)cc(-c2ccc(OC(F)(F)c3ccc(CCCCC)cc3)cc2)c1. The zero-order chi connectivity index (χ0) is 32.8. The smallest absolute Gasteiger partial charge is 0.426 e. The summed E-state index contributed by atoms with van der Waals surface area (Å²) >= 11 is 0. The molecular formula is C34H38F2O9. The van der Waals surface area contributed by atoms with E-state index >= 15 is 0 Å². The van der Waals surface area contributed by atoms with Gasteiger partial charge in [0.05, 0.1) is 30.3 Å². The fraction of sp³-hybridized carbons (Fsp3) is 0.353. The number of esters is 2. The minimum atomic E-state index is -3.55. The molecule has 3 aromatic rings. The number of aliphatic hydroxyl groups is 2. The molecule has 0 saturated carbocycles. The van der Waals surface area contributed by atoms with Crippen LogP contribution in [0.15, 0.2) is 78.9 Å². The molecule has 11 heteroatoms. The molecule has 3 rings (SSSR count). The minimum Gasteiger partial charge on any atom is -0.457 e. The molecule has 0 amide bonds. The maximum atomic E-state index is 14.9. The molecule has 45 heavy (non-hydrogen) atoms. The van der Waals surface area contributed by atoms with Crippen molar-refractivity contribution in [1.82, 2.24) is 0 Å². The second-order valence-corrected chi connectivity index (χ2v) is 10.3. The highest BCUT2D eigenvalue weighted by molar-refractivity contribution is 5.87. The molecule has 0 aromatic heterocycles. The number of carbonyl (C=O) groups is 2. The molecule has 0 aliphatic carbocycles. The molecule has 0 aliphatic heterocycles. The van der Waals surface area contributed by atoms with E-state index in [2.05, 4.69) is 13.5 Å². The molecule has 0 bridgehead atoms. The third-order valence-corrected chi connectivity index (χ3v) is 6.67. The van der Waals surface area contributed by atoms with Crippen molar-refractivity contribution in [3.05, 3.63) is 90.0 Å². The Morgan fingerprint density at radius 1 is 0.844 bits per heavy atom. The molecule has 1 atom stereocenters. The lowest BCUT2D eigenvalue weighted by Gasteiger charge is -2.19. The van der Waals surface area contributed by atoms with Gasteiger partial charge in [-0.25, -0.2) is 4.79 Å². The number of halogens is 2. The van der Waals surface area contributed by atoms with Crippen LogP contribution in [0.25, 0.3) is 11.1 Å². The first-order valence-electron chi connectivity index (χ1n) is 14.5. The van der Waals surface area contributed by atoms with Crippen LogP contribution < -0.4 is 14.2 Å². The molecule has 0 fully saturated rings. The Hall–Kier alpha value is -4.48. The lowest BCUT2D eigenvalue weighted by atomic mass is 10.0. The molecule has 2 N–H and O–H groups in total. The number of aliphatic hydroxyl groups excluding tert-OH is 2. The van der Waals surface area contributed by atoms with E-state index in [4.69, 9.17) is 33.9 Å². The van der Waals surface area contributed by atoms with Crippen LogP contribution in [-0.2, 0) is 31.6 Å². The minimum absolute atomic E-state index is 0.0550. The average Bonchev–Trinajstić information content (AvgIpc) is 3.04. The van der Waals surface area contributed by atoms with Gasteiger partial charge in [-0.2, -0.15) is 8.78 Å². The van der Waals surface area contributed by atoms with E-state index in [1.54, 1.807) is 36.4 Å². The van der Waals surface area contributed by atoms with Crippen molar-refractivity contribution in [1.29, 1.82) is 0 Å². The number of aryl methyl sites for hydroxylation is 1. The van der Waals surface area contributed by atoms with Gasteiger partial charge >= 0.3 is 18.0 Å². The maximum absolute atomic E-state index is 14.9. The summed E-state index contributed by atoms with van der Waals surface area (Å²) < 4.78 is 55.9.